The van der Waals surface area contributed by atoms with E-state index in [0.29, 0.717) is 24.4 Å². The summed E-state index contributed by atoms with van der Waals surface area (Å²) in [6, 6.07) is 21.7. The molecule has 0 spiro atoms. The number of nitrogens with one attached hydrogen (secondary N) is 4. The molecule has 380 valence electrons. The zero-order valence-corrected chi connectivity index (χ0v) is 44.0. The maximum Gasteiger partial charge on any atom is 0.242 e. The van der Waals surface area contributed by atoms with Crippen molar-refractivity contribution >= 4 is 34.9 Å². The minimum atomic E-state index is -0.501. The number of rotatable bonds is 15. The van der Waals surface area contributed by atoms with Crippen molar-refractivity contribution in [2.24, 2.45) is 5.92 Å². The van der Waals surface area contributed by atoms with Gasteiger partial charge in [-0.25, -0.2) is 9.82 Å². The van der Waals surface area contributed by atoms with Gasteiger partial charge >= 0.3 is 0 Å². The fraction of sp³-hybridized carbons (Fsp3) is 0.525. The van der Waals surface area contributed by atoms with Gasteiger partial charge in [0.1, 0.15) is 11.9 Å². The highest BCUT2D eigenvalue weighted by Gasteiger charge is 2.27. The number of aryl methyl sites for hydroxylation is 1. The largest absolute Gasteiger partial charge is 0.374 e. The molecule has 0 radical (unpaired) electrons. The van der Waals surface area contributed by atoms with Crippen LogP contribution in [-0.2, 0) is 16.1 Å². The van der Waals surface area contributed by atoms with E-state index in [0.717, 1.165) is 93.4 Å². The Morgan fingerprint density at radius 1 is 0.829 bits per heavy atom. The van der Waals surface area contributed by atoms with Crippen LogP contribution >= 0.6 is 0 Å². The summed E-state index contributed by atoms with van der Waals surface area (Å²) in [6.07, 6.45) is 14.4. The molecule has 3 aromatic carbocycles. The third-order valence-corrected chi connectivity index (χ3v) is 14.1. The number of ketones is 2. The second kappa shape index (κ2) is 28.6. The summed E-state index contributed by atoms with van der Waals surface area (Å²) in [5, 5.41) is 5.73. The molecule has 0 bridgehead atoms. The number of hydrazine groups is 1. The Morgan fingerprint density at radius 3 is 2.16 bits per heavy atom. The highest BCUT2D eigenvalue weighted by molar-refractivity contribution is 5.94. The van der Waals surface area contributed by atoms with Gasteiger partial charge in [0.15, 0.2) is 11.6 Å². The van der Waals surface area contributed by atoms with E-state index in [-0.39, 0.29) is 35.8 Å². The number of anilines is 2. The first kappa shape index (κ1) is 55.7. The number of pyridine rings is 1. The average molecular weight is 958 g/mol. The number of halogens is 1. The predicted molar refractivity (Wildman–Crippen MR) is 289 cm³/mol. The number of hydrogen-bond donors (Lipinski definition) is 4. The highest BCUT2D eigenvalue weighted by atomic mass is 19.1. The first-order chi connectivity index (χ1) is 34.0. The van der Waals surface area contributed by atoms with E-state index >= 15 is 0 Å². The van der Waals surface area contributed by atoms with Crippen LogP contribution < -0.4 is 21.5 Å². The number of benzene rings is 3. The second-order valence-electron chi connectivity index (χ2n) is 19.2. The number of carbonyl (C=O) groups is 3. The zero-order valence-electron chi connectivity index (χ0n) is 44.0. The smallest absolute Gasteiger partial charge is 0.242 e. The molecule has 70 heavy (non-hydrogen) atoms. The molecule has 0 aliphatic carbocycles. The lowest BCUT2D eigenvalue weighted by molar-refractivity contribution is -0.123. The molecule has 1 aromatic heterocycles. The van der Waals surface area contributed by atoms with E-state index < -0.39 is 6.04 Å². The van der Waals surface area contributed by atoms with Gasteiger partial charge in [-0.15, -0.1) is 0 Å². The molecule has 5 heterocycles. The average Bonchev–Trinajstić information content (AvgIpc) is 3.79. The topological polar surface area (TPSA) is 119 Å². The van der Waals surface area contributed by atoms with Gasteiger partial charge in [0.25, 0.3) is 0 Å². The molecule has 8 rings (SSSR count). The number of nitrogens with zero attached hydrogens (tertiary/aromatic N) is 3. The number of Topliss-reactive ketones (excluding diaryl/α,β-unsaturated/α-hetero) is 2. The van der Waals surface area contributed by atoms with Gasteiger partial charge < -0.3 is 21.0 Å². The van der Waals surface area contributed by atoms with Gasteiger partial charge in [-0.05, 0) is 168 Å². The number of likely N-dealkylation sites (tertiary alicyclic amines) is 2. The molecule has 11 heteroatoms. The number of aromatic nitrogens is 1. The first-order valence-corrected chi connectivity index (χ1v) is 26.6. The Hall–Kier alpha value is -5.23. The molecule has 0 saturated carbocycles. The lowest BCUT2D eigenvalue weighted by Gasteiger charge is -2.34. The molecule has 1 unspecified atom stereocenters. The van der Waals surface area contributed by atoms with Crippen molar-refractivity contribution in [3.05, 3.63) is 118 Å². The maximum atomic E-state index is 14.9. The van der Waals surface area contributed by atoms with Crippen LogP contribution in [0.5, 0.6) is 0 Å². The normalized spacial score (nSPS) is 17.9. The summed E-state index contributed by atoms with van der Waals surface area (Å²) < 4.78 is 14.9. The van der Waals surface area contributed by atoms with Gasteiger partial charge in [-0.1, -0.05) is 102 Å². The monoisotopic (exact) mass is 958 g/mol. The SMILES string of the molecule is CC.CC.CC(=O)c1ccc(C2CCN(C/C(C)=C/c3c(-c4ccc5c(c4)CNN5)ccnc3C)CC2)cc1.CCCC(CCC)CN1CCC(c2ccc(NC3CCC(=O)CNC3=O)cc2F)CC1. The van der Waals surface area contributed by atoms with E-state index in [4.69, 9.17) is 0 Å². The highest BCUT2D eigenvalue weighted by Crippen LogP contribution is 2.34. The molecule has 1 amide bonds. The van der Waals surface area contributed by atoms with Crippen LogP contribution in [0.2, 0.25) is 0 Å². The minimum absolute atomic E-state index is 0.0289. The van der Waals surface area contributed by atoms with Crippen LogP contribution in [-0.4, -0.2) is 84.1 Å². The molecular formula is C59H84FN7O3. The second-order valence-corrected chi connectivity index (χ2v) is 19.2. The Kier molecular flexibility index (Phi) is 22.7. The molecular weight excluding hydrogens is 874 g/mol. The number of amides is 1. The van der Waals surface area contributed by atoms with Crippen molar-refractivity contribution in [2.75, 3.05) is 56.6 Å². The molecule has 4 N–H and O–H groups in total. The van der Waals surface area contributed by atoms with E-state index in [1.54, 1.807) is 6.92 Å². The van der Waals surface area contributed by atoms with Gasteiger partial charge in [0.05, 0.1) is 12.2 Å². The molecule has 4 aromatic rings. The third kappa shape index (κ3) is 15.9. The third-order valence-electron chi connectivity index (χ3n) is 14.1. The number of hydrogen-bond acceptors (Lipinski definition) is 9. The molecule has 4 aliphatic rings. The number of fused-ring (bicyclic) bond motifs is 1. The van der Waals surface area contributed by atoms with E-state index in [1.165, 1.54) is 71.7 Å². The summed E-state index contributed by atoms with van der Waals surface area (Å²) in [6.45, 7) is 25.8. The van der Waals surface area contributed by atoms with Gasteiger partial charge in [0, 0.05) is 54.8 Å². The summed E-state index contributed by atoms with van der Waals surface area (Å²) in [5.41, 5.74) is 18.5. The van der Waals surface area contributed by atoms with Crippen LogP contribution in [0.3, 0.4) is 0 Å². The summed E-state index contributed by atoms with van der Waals surface area (Å²) in [4.78, 5) is 44.9. The van der Waals surface area contributed by atoms with Crippen molar-refractivity contribution in [3.63, 3.8) is 0 Å². The molecule has 3 saturated heterocycles. The molecule has 10 nitrogen and oxygen atoms in total. The zero-order chi connectivity index (χ0) is 50.6. The Labute approximate surface area is 420 Å². The Balaban J connectivity index is 0.000000245. The lowest BCUT2D eigenvalue weighted by atomic mass is 9.88. The van der Waals surface area contributed by atoms with Gasteiger partial charge in [-0.2, -0.15) is 0 Å². The standard InChI is InChI=1S/C30H34N4O.C25H38FN3O2.2C2H6/c1-20(19-34-14-11-25(12-15-34)24-6-4-23(5-7-24)22(3)35)16-29-21(2)31-13-10-28(29)26-8-9-30-27(17-26)18-32-33-30;1-3-5-18(6-4-2)17-29-13-11-19(12-14-29)22-9-7-20(15-23(22)26)28-24-10-8-21(30)16-27-25(24)31;2*1-2/h4-10,13,16-17,25,32-33H,11-12,14-15,18-19H2,1-3H3;7,9,15,18-19,24,28H,3-6,8,10-14,16-17H2,1-2H3,(H,27,31);2*1-2H3/b20-16+;;;. The van der Waals surface area contributed by atoms with Crippen molar-refractivity contribution in [3.8, 4) is 11.1 Å². The predicted octanol–water partition coefficient (Wildman–Crippen LogP) is 12.5. The van der Waals surface area contributed by atoms with Crippen molar-refractivity contribution in [2.45, 2.75) is 151 Å². The molecule has 4 aliphatic heterocycles. The van der Waals surface area contributed by atoms with Gasteiger partial charge in [-0.3, -0.25) is 24.3 Å². The Bertz CT molecular complexity index is 2310. The maximum absolute atomic E-state index is 14.9. The summed E-state index contributed by atoms with van der Waals surface area (Å²) in [5.74, 6) is 1.36. The fourth-order valence-corrected chi connectivity index (χ4v) is 10.4. The number of piperidine rings is 2. The summed E-state index contributed by atoms with van der Waals surface area (Å²) in [7, 11) is 0. The fourth-order valence-electron chi connectivity index (χ4n) is 10.4. The van der Waals surface area contributed by atoms with Crippen LogP contribution in [0.25, 0.3) is 17.2 Å². The first-order valence-electron chi connectivity index (χ1n) is 26.6. The quantitative estimate of drug-likeness (QED) is 0.0864. The van der Waals surface area contributed by atoms with Crippen LogP contribution in [0.1, 0.15) is 170 Å². The van der Waals surface area contributed by atoms with Crippen molar-refractivity contribution in [1.29, 1.82) is 0 Å². The molecule has 3 fully saturated rings. The van der Waals surface area contributed by atoms with Crippen LogP contribution in [0.15, 0.2) is 78.5 Å². The Morgan fingerprint density at radius 2 is 1.50 bits per heavy atom. The van der Waals surface area contributed by atoms with Gasteiger partial charge in [0.2, 0.25) is 5.91 Å². The minimum Gasteiger partial charge on any atom is -0.374 e. The summed E-state index contributed by atoms with van der Waals surface area (Å²) >= 11 is 0. The number of carbonyl (C=O) groups excluding carboxylic acids is 3. The van der Waals surface area contributed by atoms with Crippen LogP contribution in [0.4, 0.5) is 15.8 Å². The van der Waals surface area contributed by atoms with Crippen LogP contribution in [0, 0.1) is 18.7 Å². The van der Waals surface area contributed by atoms with E-state index in [9.17, 15) is 18.8 Å². The lowest BCUT2D eigenvalue weighted by Crippen LogP contribution is -2.38. The van der Waals surface area contributed by atoms with E-state index in [1.807, 2.05) is 58.2 Å². The molecule has 1 atom stereocenters. The van der Waals surface area contributed by atoms with Crippen molar-refractivity contribution in [1.82, 2.24) is 25.5 Å². The van der Waals surface area contributed by atoms with Crippen molar-refractivity contribution < 1.29 is 18.8 Å². The van der Waals surface area contributed by atoms with E-state index in [2.05, 4.69) is 106 Å².